The highest BCUT2D eigenvalue weighted by Gasteiger charge is 2.25. The second kappa shape index (κ2) is 5.76. The fourth-order valence-electron chi connectivity index (χ4n) is 3.05. The van der Waals surface area contributed by atoms with Gasteiger partial charge in [-0.2, -0.15) is 0 Å². The topological polar surface area (TPSA) is 55.0 Å². The maximum absolute atomic E-state index is 6.05. The number of nitrogens with two attached hydrogens (primary N) is 1. The molecule has 0 radical (unpaired) electrons. The van der Waals surface area contributed by atoms with Crippen molar-refractivity contribution >= 4 is 11.6 Å². The van der Waals surface area contributed by atoms with E-state index in [4.69, 9.17) is 10.7 Å². The molecule has 4 nitrogen and oxygen atoms in total. The standard InChI is InChI=1S/C15H26N4/c1-5-6-13-17-14(16)12(4)15(18-13)19-8-10(2)7-11(3)9-19/h10-11H,5-9H2,1-4H3,(H2,16,17,18). The number of anilines is 2. The van der Waals surface area contributed by atoms with E-state index < -0.39 is 0 Å². The van der Waals surface area contributed by atoms with Gasteiger partial charge >= 0.3 is 0 Å². The molecule has 1 aliphatic heterocycles. The molecule has 0 bridgehead atoms. The summed E-state index contributed by atoms with van der Waals surface area (Å²) in [7, 11) is 0. The first kappa shape index (κ1) is 14.1. The Labute approximate surface area is 116 Å². The molecule has 2 N–H and O–H groups in total. The lowest BCUT2D eigenvalue weighted by Crippen LogP contribution is -2.39. The molecule has 1 fully saturated rings. The number of aryl methyl sites for hydroxylation is 1. The van der Waals surface area contributed by atoms with Crippen LogP contribution < -0.4 is 10.6 Å². The minimum absolute atomic E-state index is 0.638. The Morgan fingerprint density at radius 2 is 1.84 bits per heavy atom. The second-order valence-corrected chi connectivity index (χ2v) is 6.07. The van der Waals surface area contributed by atoms with Gasteiger partial charge in [-0.05, 0) is 31.6 Å². The van der Waals surface area contributed by atoms with Crippen molar-refractivity contribution in [1.29, 1.82) is 0 Å². The molecular weight excluding hydrogens is 236 g/mol. The Morgan fingerprint density at radius 3 is 2.42 bits per heavy atom. The number of nitrogen functional groups attached to an aromatic ring is 1. The number of rotatable bonds is 3. The first-order valence-electron chi connectivity index (χ1n) is 7.39. The lowest BCUT2D eigenvalue weighted by Gasteiger charge is -2.36. The number of aromatic nitrogens is 2. The fraction of sp³-hybridized carbons (Fsp3) is 0.733. The van der Waals surface area contributed by atoms with Crippen molar-refractivity contribution in [3.63, 3.8) is 0 Å². The van der Waals surface area contributed by atoms with Crippen molar-refractivity contribution in [1.82, 2.24) is 9.97 Å². The van der Waals surface area contributed by atoms with Crippen LogP contribution in [-0.2, 0) is 6.42 Å². The number of piperidine rings is 1. The maximum Gasteiger partial charge on any atom is 0.137 e. The van der Waals surface area contributed by atoms with Crippen LogP contribution >= 0.6 is 0 Å². The van der Waals surface area contributed by atoms with E-state index in [0.717, 1.165) is 43.1 Å². The first-order chi connectivity index (χ1) is 9.01. The molecule has 0 saturated carbocycles. The third kappa shape index (κ3) is 3.17. The van der Waals surface area contributed by atoms with Gasteiger partial charge in [-0.3, -0.25) is 0 Å². The van der Waals surface area contributed by atoms with Gasteiger partial charge in [0.25, 0.3) is 0 Å². The van der Waals surface area contributed by atoms with E-state index in [1.807, 2.05) is 6.92 Å². The smallest absolute Gasteiger partial charge is 0.137 e. The Hall–Kier alpha value is -1.32. The van der Waals surface area contributed by atoms with Gasteiger partial charge in [-0.15, -0.1) is 0 Å². The molecule has 106 valence electrons. The van der Waals surface area contributed by atoms with E-state index >= 15 is 0 Å². The fourth-order valence-corrected chi connectivity index (χ4v) is 3.05. The summed E-state index contributed by atoms with van der Waals surface area (Å²) in [6, 6.07) is 0. The number of hydrogen-bond donors (Lipinski definition) is 1. The quantitative estimate of drug-likeness (QED) is 0.910. The van der Waals surface area contributed by atoms with Gasteiger partial charge in [-0.25, -0.2) is 9.97 Å². The molecule has 1 saturated heterocycles. The maximum atomic E-state index is 6.05. The van der Waals surface area contributed by atoms with Gasteiger partial charge in [0.05, 0.1) is 0 Å². The molecule has 2 rings (SSSR count). The Balaban J connectivity index is 2.31. The van der Waals surface area contributed by atoms with Gasteiger partial charge in [-0.1, -0.05) is 20.8 Å². The average molecular weight is 262 g/mol. The van der Waals surface area contributed by atoms with E-state index in [1.165, 1.54) is 6.42 Å². The van der Waals surface area contributed by atoms with Crippen LogP contribution in [0.1, 0.15) is 45.0 Å². The lowest BCUT2D eigenvalue weighted by molar-refractivity contribution is 0.355. The van der Waals surface area contributed by atoms with Gasteiger partial charge in [0.1, 0.15) is 17.5 Å². The molecule has 1 aliphatic rings. The molecular formula is C15H26N4. The monoisotopic (exact) mass is 262 g/mol. The van der Waals surface area contributed by atoms with Crippen LogP contribution in [0.25, 0.3) is 0 Å². The normalized spacial score (nSPS) is 23.7. The van der Waals surface area contributed by atoms with E-state index in [1.54, 1.807) is 0 Å². The zero-order valence-corrected chi connectivity index (χ0v) is 12.6. The Kier molecular flexibility index (Phi) is 4.27. The minimum Gasteiger partial charge on any atom is -0.383 e. The summed E-state index contributed by atoms with van der Waals surface area (Å²) in [4.78, 5) is 11.5. The molecule has 0 aromatic carbocycles. The number of hydrogen-bond acceptors (Lipinski definition) is 4. The van der Waals surface area contributed by atoms with Crippen molar-refractivity contribution in [2.24, 2.45) is 11.8 Å². The average Bonchev–Trinajstić information content (AvgIpc) is 2.32. The summed E-state index contributed by atoms with van der Waals surface area (Å²) in [6.07, 6.45) is 3.25. The Morgan fingerprint density at radius 1 is 1.21 bits per heavy atom. The van der Waals surface area contributed by atoms with Gasteiger partial charge in [0, 0.05) is 25.1 Å². The largest absolute Gasteiger partial charge is 0.383 e. The number of nitrogens with zero attached hydrogens (tertiary/aromatic N) is 3. The third-order valence-corrected chi connectivity index (χ3v) is 3.85. The molecule has 0 aliphatic carbocycles. The molecule has 2 heterocycles. The van der Waals surface area contributed by atoms with Crippen molar-refractivity contribution in [3.8, 4) is 0 Å². The van der Waals surface area contributed by atoms with Crippen LogP contribution in [0.5, 0.6) is 0 Å². The molecule has 0 amide bonds. The molecule has 2 unspecified atom stereocenters. The summed E-state index contributed by atoms with van der Waals surface area (Å²) < 4.78 is 0. The first-order valence-corrected chi connectivity index (χ1v) is 7.39. The van der Waals surface area contributed by atoms with Crippen LogP contribution in [0, 0.1) is 18.8 Å². The van der Waals surface area contributed by atoms with E-state index in [-0.39, 0.29) is 0 Å². The van der Waals surface area contributed by atoms with Gasteiger partial charge in [0.15, 0.2) is 0 Å². The zero-order chi connectivity index (χ0) is 14.0. The van der Waals surface area contributed by atoms with Crippen LogP contribution in [0.2, 0.25) is 0 Å². The zero-order valence-electron chi connectivity index (χ0n) is 12.6. The van der Waals surface area contributed by atoms with Gasteiger partial charge < -0.3 is 10.6 Å². The minimum atomic E-state index is 0.638. The summed E-state index contributed by atoms with van der Waals surface area (Å²) >= 11 is 0. The Bertz CT molecular complexity index is 434. The lowest BCUT2D eigenvalue weighted by atomic mass is 9.92. The molecule has 4 heteroatoms. The third-order valence-electron chi connectivity index (χ3n) is 3.85. The van der Waals surface area contributed by atoms with Gasteiger partial charge in [0.2, 0.25) is 0 Å². The molecule has 0 spiro atoms. The van der Waals surface area contributed by atoms with E-state index in [0.29, 0.717) is 17.7 Å². The molecule has 1 aromatic rings. The second-order valence-electron chi connectivity index (χ2n) is 6.07. The highest BCUT2D eigenvalue weighted by molar-refractivity contribution is 5.56. The summed E-state index contributed by atoms with van der Waals surface area (Å²) in [5.41, 5.74) is 7.08. The molecule has 2 atom stereocenters. The molecule has 1 aromatic heterocycles. The highest BCUT2D eigenvalue weighted by Crippen LogP contribution is 2.29. The summed E-state index contributed by atoms with van der Waals surface area (Å²) in [5.74, 6) is 4.00. The van der Waals surface area contributed by atoms with Crippen molar-refractivity contribution in [2.45, 2.75) is 47.0 Å². The van der Waals surface area contributed by atoms with Crippen molar-refractivity contribution in [2.75, 3.05) is 23.7 Å². The SMILES string of the molecule is CCCc1nc(N)c(C)c(N2CC(C)CC(C)C2)n1. The van der Waals surface area contributed by atoms with E-state index in [2.05, 4.69) is 30.7 Å². The van der Waals surface area contributed by atoms with Crippen LogP contribution in [0.3, 0.4) is 0 Å². The van der Waals surface area contributed by atoms with E-state index in [9.17, 15) is 0 Å². The van der Waals surface area contributed by atoms with Crippen LogP contribution in [0.4, 0.5) is 11.6 Å². The van der Waals surface area contributed by atoms with Crippen molar-refractivity contribution in [3.05, 3.63) is 11.4 Å². The highest BCUT2D eigenvalue weighted by atomic mass is 15.2. The van der Waals surface area contributed by atoms with Crippen LogP contribution in [-0.4, -0.2) is 23.1 Å². The van der Waals surface area contributed by atoms with Crippen LogP contribution in [0.15, 0.2) is 0 Å². The summed E-state index contributed by atoms with van der Waals surface area (Å²) in [5, 5.41) is 0. The van der Waals surface area contributed by atoms with Crippen molar-refractivity contribution < 1.29 is 0 Å². The summed E-state index contributed by atoms with van der Waals surface area (Å²) in [6.45, 7) is 11.0. The predicted octanol–water partition coefficient (Wildman–Crippen LogP) is 2.80. The predicted molar refractivity (Wildman–Crippen MR) is 80.3 cm³/mol. The molecule has 19 heavy (non-hydrogen) atoms.